The lowest BCUT2D eigenvalue weighted by atomic mass is 10.6. The summed E-state index contributed by atoms with van der Waals surface area (Å²) < 4.78 is 0. The van der Waals surface area contributed by atoms with Crippen molar-refractivity contribution in [2.45, 2.75) is 0 Å². The molecule has 0 aromatic heterocycles. The van der Waals surface area contributed by atoms with Crippen LogP contribution in [-0.4, -0.2) is 39.9 Å². The van der Waals surface area contributed by atoms with Gasteiger partial charge < -0.3 is 4.90 Å². The first-order chi connectivity index (χ1) is 4.55. The molecule has 54 valence electrons. The SMILES string of the molecule is CN1C(=O)C(=S)N(C)C1=S. The van der Waals surface area contributed by atoms with E-state index >= 15 is 0 Å². The standard InChI is InChI=1S/C5H6N2OS2/c1-6-3(8)4(9)7(2)5(6)10/h1-2H3. The highest BCUT2D eigenvalue weighted by molar-refractivity contribution is 7.83. The van der Waals surface area contributed by atoms with Crippen molar-refractivity contribution < 1.29 is 4.79 Å². The Morgan fingerprint density at radius 2 is 1.70 bits per heavy atom. The van der Waals surface area contributed by atoms with Gasteiger partial charge in [0.2, 0.25) is 0 Å². The van der Waals surface area contributed by atoms with Crippen molar-refractivity contribution >= 4 is 40.4 Å². The Morgan fingerprint density at radius 1 is 1.20 bits per heavy atom. The minimum Gasteiger partial charge on any atom is -0.308 e. The van der Waals surface area contributed by atoms with Crippen LogP contribution in [0.5, 0.6) is 0 Å². The first-order valence-electron chi connectivity index (χ1n) is 2.65. The van der Waals surface area contributed by atoms with Gasteiger partial charge in [-0.3, -0.25) is 9.69 Å². The second-order valence-corrected chi connectivity index (χ2v) is 2.76. The van der Waals surface area contributed by atoms with E-state index in [0.29, 0.717) is 5.11 Å². The van der Waals surface area contributed by atoms with Gasteiger partial charge in [-0.1, -0.05) is 12.2 Å². The van der Waals surface area contributed by atoms with Gasteiger partial charge in [-0.25, -0.2) is 0 Å². The van der Waals surface area contributed by atoms with Gasteiger partial charge in [-0.2, -0.15) is 0 Å². The maximum absolute atomic E-state index is 11.0. The summed E-state index contributed by atoms with van der Waals surface area (Å²) in [5, 5.41) is 0.468. The molecular formula is C5H6N2OS2. The molecule has 5 heteroatoms. The van der Waals surface area contributed by atoms with Crippen LogP contribution in [0.2, 0.25) is 0 Å². The van der Waals surface area contributed by atoms with Crippen LogP contribution in [0.3, 0.4) is 0 Å². The summed E-state index contributed by atoms with van der Waals surface area (Å²) in [7, 11) is 3.30. The summed E-state index contributed by atoms with van der Waals surface area (Å²) in [4.78, 5) is 14.1. The predicted octanol–water partition coefficient (Wildman–Crippen LogP) is 0.00250. The van der Waals surface area contributed by atoms with E-state index in [2.05, 4.69) is 0 Å². The maximum Gasteiger partial charge on any atom is 0.287 e. The molecule has 0 unspecified atom stereocenters. The van der Waals surface area contributed by atoms with E-state index in [1.54, 1.807) is 14.1 Å². The first-order valence-corrected chi connectivity index (χ1v) is 3.47. The Bertz CT molecular complexity index is 204. The largest absolute Gasteiger partial charge is 0.308 e. The third kappa shape index (κ3) is 0.819. The molecule has 0 saturated carbocycles. The highest BCUT2D eigenvalue weighted by Crippen LogP contribution is 2.07. The molecule has 1 amide bonds. The van der Waals surface area contributed by atoms with Crippen molar-refractivity contribution in [3.8, 4) is 0 Å². The van der Waals surface area contributed by atoms with Crippen LogP contribution >= 0.6 is 24.4 Å². The summed E-state index contributed by atoms with van der Waals surface area (Å²) in [6, 6.07) is 0. The van der Waals surface area contributed by atoms with Gasteiger partial charge in [0.25, 0.3) is 5.91 Å². The smallest absolute Gasteiger partial charge is 0.287 e. The van der Waals surface area contributed by atoms with E-state index in [1.165, 1.54) is 9.80 Å². The molecule has 0 aliphatic carbocycles. The number of carbonyl (C=O) groups is 1. The Hall–Kier alpha value is -0.550. The fourth-order valence-corrected chi connectivity index (χ4v) is 1.14. The van der Waals surface area contributed by atoms with E-state index in [-0.39, 0.29) is 10.9 Å². The Labute approximate surface area is 69.6 Å². The van der Waals surface area contributed by atoms with Crippen molar-refractivity contribution in [2.75, 3.05) is 14.1 Å². The lowest BCUT2D eigenvalue weighted by molar-refractivity contribution is -0.118. The molecule has 3 nitrogen and oxygen atoms in total. The van der Waals surface area contributed by atoms with Gasteiger partial charge in [-0.15, -0.1) is 0 Å². The predicted molar refractivity (Wildman–Crippen MR) is 45.7 cm³/mol. The number of amides is 1. The zero-order valence-electron chi connectivity index (χ0n) is 5.62. The maximum atomic E-state index is 11.0. The summed E-state index contributed by atoms with van der Waals surface area (Å²) >= 11 is 9.63. The Balaban J connectivity index is 3.00. The summed E-state index contributed by atoms with van der Waals surface area (Å²) in [5.74, 6) is -0.192. The third-order valence-electron chi connectivity index (χ3n) is 1.37. The summed E-state index contributed by atoms with van der Waals surface area (Å²) in [5.41, 5.74) is 0. The molecule has 0 radical (unpaired) electrons. The fourth-order valence-electron chi connectivity index (χ4n) is 0.686. The Kier molecular flexibility index (Phi) is 1.70. The third-order valence-corrected chi connectivity index (χ3v) is 2.36. The number of hydrogen-bond donors (Lipinski definition) is 0. The molecular weight excluding hydrogens is 168 g/mol. The van der Waals surface area contributed by atoms with Crippen LogP contribution in [0.15, 0.2) is 0 Å². The number of rotatable bonds is 0. The number of thiocarbonyl (C=S) groups is 2. The molecule has 0 aromatic rings. The van der Waals surface area contributed by atoms with Crippen LogP contribution in [-0.2, 0) is 4.79 Å². The van der Waals surface area contributed by atoms with Crippen LogP contribution < -0.4 is 0 Å². The molecule has 1 saturated heterocycles. The number of hydrogen-bond acceptors (Lipinski definition) is 3. The molecule has 0 N–H and O–H groups in total. The van der Waals surface area contributed by atoms with Gasteiger partial charge in [0, 0.05) is 14.1 Å². The topological polar surface area (TPSA) is 23.6 Å². The zero-order chi connectivity index (χ0) is 7.89. The summed E-state index contributed by atoms with van der Waals surface area (Å²) in [6.07, 6.45) is 0. The quantitative estimate of drug-likeness (QED) is 0.482. The average molecular weight is 174 g/mol. The molecule has 1 rings (SSSR count). The van der Waals surface area contributed by atoms with Crippen LogP contribution in [0.1, 0.15) is 0 Å². The lowest BCUT2D eigenvalue weighted by Gasteiger charge is -2.09. The fraction of sp³-hybridized carbons (Fsp3) is 0.400. The van der Waals surface area contributed by atoms with Crippen molar-refractivity contribution in [2.24, 2.45) is 0 Å². The molecule has 1 aliphatic rings. The second kappa shape index (κ2) is 2.25. The highest BCUT2D eigenvalue weighted by Gasteiger charge is 2.32. The zero-order valence-corrected chi connectivity index (χ0v) is 7.25. The minimum absolute atomic E-state index is 0.192. The van der Waals surface area contributed by atoms with E-state index in [4.69, 9.17) is 24.4 Å². The highest BCUT2D eigenvalue weighted by atomic mass is 32.1. The lowest BCUT2D eigenvalue weighted by Crippen LogP contribution is -2.26. The van der Waals surface area contributed by atoms with Gasteiger partial charge in [0.1, 0.15) is 0 Å². The van der Waals surface area contributed by atoms with Gasteiger partial charge in [0.05, 0.1) is 0 Å². The van der Waals surface area contributed by atoms with Crippen LogP contribution in [0, 0.1) is 0 Å². The van der Waals surface area contributed by atoms with Crippen LogP contribution in [0.25, 0.3) is 0 Å². The molecule has 10 heavy (non-hydrogen) atoms. The van der Waals surface area contributed by atoms with Crippen molar-refractivity contribution in [3.63, 3.8) is 0 Å². The van der Waals surface area contributed by atoms with Crippen molar-refractivity contribution in [3.05, 3.63) is 0 Å². The minimum atomic E-state index is -0.192. The molecule has 1 aliphatic heterocycles. The molecule has 0 aromatic carbocycles. The monoisotopic (exact) mass is 174 g/mol. The summed E-state index contributed by atoms with van der Waals surface area (Å²) in [6.45, 7) is 0. The van der Waals surface area contributed by atoms with Crippen LogP contribution in [0.4, 0.5) is 0 Å². The normalized spacial score (nSPS) is 19.2. The van der Waals surface area contributed by atoms with Crippen molar-refractivity contribution in [1.82, 2.24) is 9.80 Å². The van der Waals surface area contributed by atoms with Crippen molar-refractivity contribution in [1.29, 1.82) is 0 Å². The molecule has 0 spiro atoms. The van der Waals surface area contributed by atoms with Gasteiger partial charge in [-0.05, 0) is 12.2 Å². The van der Waals surface area contributed by atoms with E-state index < -0.39 is 0 Å². The van der Waals surface area contributed by atoms with Gasteiger partial charge in [0.15, 0.2) is 10.1 Å². The first kappa shape index (κ1) is 7.56. The van der Waals surface area contributed by atoms with Gasteiger partial charge >= 0.3 is 0 Å². The second-order valence-electron chi connectivity index (χ2n) is 2.01. The Morgan fingerprint density at radius 3 is 1.80 bits per heavy atom. The van der Waals surface area contributed by atoms with E-state index in [9.17, 15) is 4.79 Å². The number of nitrogens with zero attached hydrogens (tertiary/aromatic N) is 2. The average Bonchev–Trinajstić information content (AvgIpc) is 2.07. The van der Waals surface area contributed by atoms with E-state index in [0.717, 1.165) is 0 Å². The molecule has 0 bridgehead atoms. The number of likely N-dealkylation sites (N-methyl/N-ethyl adjacent to an activating group) is 2. The molecule has 1 fully saturated rings. The molecule has 0 atom stereocenters. The molecule has 1 heterocycles. The van der Waals surface area contributed by atoms with E-state index in [1.807, 2.05) is 0 Å². The number of carbonyl (C=O) groups excluding carboxylic acids is 1.